The second-order valence-electron chi connectivity index (χ2n) is 5.13. The van der Waals surface area contributed by atoms with Gasteiger partial charge in [0.25, 0.3) is 5.91 Å². The van der Waals surface area contributed by atoms with Gasteiger partial charge in [0.15, 0.2) is 0 Å². The number of fused-ring (bicyclic) bond motifs is 1. The number of carboxylic acid groups (broad SMARTS) is 2. The van der Waals surface area contributed by atoms with E-state index in [4.69, 9.17) is 5.73 Å². The van der Waals surface area contributed by atoms with Gasteiger partial charge in [-0.1, -0.05) is 6.08 Å². The maximum absolute atomic E-state index is 12.1. The van der Waals surface area contributed by atoms with Crippen LogP contribution in [-0.4, -0.2) is 57.2 Å². The van der Waals surface area contributed by atoms with Crippen LogP contribution >= 0.6 is 0 Å². The second-order valence-corrected chi connectivity index (χ2v) is 5.13. The lowest BCUT2D eigenvalue weighted by Gasteiger charge is -2.24. The molecule has 1 saturated heterocycles. The van der Waals surface area contributed by atoms with Crippen LogP contribution in [0, 0.1) is 11.8 Å². The van der Waals surface area contributed by atoms with Crippen LogP contribution in [0.25, 0.3) is 0 Å². The Balaban J connectivity index is 2.54. The zero-order chi connectivity index (χ0) is 15.9. The van der Waals surface area contributed by atoms with Crippen molar-refractivity contribution in [1.82, 2.24) is 10.0 Å². The Labute approximate surface area is 121 Å². The first-order valence-electron chi connectivity index (χ1n) is 6.45. The summed E-state index contributed by atoms with van der Waals surface area (Å²) in [5.41, 5.74) is 6.24. The largest absolute Gasteiger partial charge is 0.481 e. The molecule has 0 aromatic rings. The monoisotopic (exact) mass is 295 g/mol. The number of carbonyl (C=O) groups is 3. The van der Waals surface area contributed by atoms with Crippen LogP contribution in [-0.2, 0) is 14.4 Å². The van der Waals surface area contributed by atoms with E-state index in [9.17, 15) is 24.6 Å². The van der Waals surface area contributed by atoms with E-state index in [1.54, 1.807) is 5.01 Å². The van der Waals surface area contributed by atoms with E-state index in [1.165, 1.54) is 18.0 Å². The summed E-state index contributed by atoms with van der Waals surface area (Å²) in [4.78, 5) is 34.7. The summed E-state index contributed by atoms with van der Waals surface area (Å²) in [5, 5.41) is 21.3. The van der Waals surface area contributed by atoms with Crippen LogP contribution in [0.5, 0.6) is 0 Å². The molecule has 8 nitrogen and oxygen atoms in total. The zero-order valence-electron chi connectivity index (χ0n) is 11.5. The van der Waals surface area contributed by atoms with E-state index in [1.807, 2.05) is 0 Å². The quantitative estimate of drug-likeness (QED) is 0.570. The molecule has 21 heavy (non-hydrogen) atoms. The first-order valence-corrected chi connectivity index (χ1v) is 6.45. The van der Waals surface area contributed by atoms with Crippen molar-refractivity contribution in [1.29, 1.82) is 0 Å². The Bertz CT molecular complexity index is 556. The highest BCUT2D eigenvalue weighted by atomic mass is 16.4. The number of hydrogen-bond donors (Lipinski definition) is 3. The van der Waals surface area contributed by atoms with Gasteiger partial charge in [-0.2, -0.15) is 0 Å². The lowest BCUT2D eigenvalue weighted by molar-refractivity contribution is -0.142. The van der Waals surface area contributed by atoms with E-state index in [2.05, 4.69) is 6.58 Å². The molecule has 1 amide bonds. The van der Waals surface area contributed by atoms with E-state index in [-0.39, 0.29) is 18.8 Å². The van der Waals surface area contributed by atoms with Crippen molar-refractivity contribution in [2.45, 2.75) is 13.0 Å². The molecule has 2 rings (SSSR count). The average Bonchev–Trinajstić information content (AvgIpc) is 2.88. The Kier molecular flexibility index (Phi) is 3.84. The van der Waals surface area contributed by atoms with E-state index in [0.29, 0.717) is 5.57 Å². The molecule has 2 heterocycles. The number of nitrogens with two attached hydrogens (primary N) is 1. The van der Waals surface area contributed by atoms with Gasteiger partial charge in [0.2, 0.25) is 0 Å². The zero-order valence-corrected chi connectivity index (χ0v) is 11.5. The number of rotatable bonds is 5. The average molecular weight is 295 g/mol. The van der Waals surface area contributed by atoms with Crippen LogP contribution in [0.3, 0.4) is 0 Å². The molecule has 2 aliphatic rings. The molecule has 0 saturated carbocycles. The van der Waals surface area contributed by atoms with Crippen LogP contribution in [0.1, 0.15) is 6.92 Å². The van der Waals surface area contributed by atoms with Gasteiger partial charge in [0.1, 0.15) is 12.0 Å². The molecule has 0 spiro atoms. The molecule has 3 atom stereocenters. The third-order valence-corrected chi connectivity index (χ3v) is 3.82. The highest BCUT2D eigenvalue weighted by Gasteiger charge is 2.48. The van der Waals surface area contributed by atoms with Crippen LogP contribution in [0.15, 0.2) is 23.9 Å². The second kappa shape index (κ2) is 5.30. The minimum absolute atomic E-state index is 0.158. The van der Waals surface area contributed by atoms with Gasteiger partial charge in [-0.25, -0.2) is 10.0 Å². The summed E-state index contributed by atoms with van der Waals surface area (Å²) < 4.78 is 0. The molecule has 114 valence electrons. The highest BCUT2D eigenvalue weighted by Crippen LogP contribution is 2.37. The Hall–Kier alpha value is -2.19. The van der Waals surface area contributed by atoms with E-state index in [0.717, 1.165) is 0 Å². The van der Waals surface area contributed by atoms with E-state index >= 15 is 0 Å². The lowest BCUT2D eigenvalue weighted by Crippen LogP contribution is -2.38. The third-order valence-electron chi connectivity index (χ3n) is 3.82. The molecule has 0 bridgehead atoms. The third kappa shape index (κ3) is 2.32. The standard InChI is InChI=1S/C13H17N3O5/c1-3-7(13(20)21)10-8(6(2)12(18)19)4-15-5-9(14)11(17)16(10)15/h3,6-7,9H,1,4-5,14H2,2H3,(H,18,19)(H,20,21)/t6?,7?,9-/m0/s1. The van der Waals surface area contributed by atoms with Gasteiger partial charge in [0.05, 0.1) is 11.6 Å². The highest BCUT2D eigenvalue weighted by molar-refractivity contribution is 5.88. The van der Waals surface area contributed by atoms with Crippen LogP contribution in [0.2, 0.25) is 0 Å². The van der Waals surface area contributed by atoms with Gasteiger partial charge < -0.3 is 15.9 Å². The van der Waals surface area contributed by atoms with Crippen molar-refractivity contribution < 1.29 is 24.6 Å². The molecule has 1 fully saturated rings. The Morgan fingerprint density at radius 1 is 1.43 bits per heavy atom. The van der Waals surface area contributed by atoms with Crippen LogP contribution < -0.4 is 5.73 Å². The predicted molar refractivity (Wildman–Crippen MR) is 71.5 cm³/mol. The maximum Gasteiger partial charge on any atom is 0.316 e. The summed E-state index contributed by atoms with van der Waals surface area (Å²) in [5.74, 6) is -4.73. The van der Waals surface area contributed by atoms with Crippen molar-refractivity contribution in [3.05, 3.63) is 23.9 Å². The Morgan fingerprint density at radius 2 is 2.05 bits per heavy atom. The molecule has 2 aliphatic heterocycles. The smallest absolute Gasteiger partial charge is 0.316 e. The minimum Gasteiger partial charge on any atom is -0.481 e. The number of amides is 1. The van der Waals surface area contributed by atoms with Crippen molar-refractivity contribution in [3.63, 3.8) is 0 Å². The summed E-state index contributed by atoms with van der Waals surface area (Å²) in [7, 11) is 0. The molecule has 0 aromatic heterocycles. The number of hydrazine groups is 1. The van der Waals surface area contributed by atoms with Gasteiger partial charge >= 0.3 is 11.9 Å². The molecular weight excluding hydrogens is 278 g/mol. The van der Waals surface area contributed by atoms with Crippen molar-refractivity contribution in [3.8, 4) is 0 Å². The van der Waals surface area contributed by atoms with Gasteiger partial charge in [-0.05, 0) is 12.5 Å². The summed E-state index contributed by atoms with van der Waals surface area (Å²) >= 11 is 0. The number of nitrogens with zero attached hydrogens (tertiary/aromatic N) is 2. The van der Waals surface area contributed by atoms with Crippen LogP contribution in [0.4, 0.5) is 0 Å². The Morgan fingerprint density at radius 3 is 2.52 bits per heavy atom. The van der Waals surface area contributed by atoms with Gasteiger partial charge in [-0.3, -0.25) is 14.4 Å². The fourth-order valence-corrected chi connectivity index (χ4v) is 2.67. The molecule has 0 radical (unpaired) electrons. The normalized spacial score (nSPS) is 25.0. The van der Waals surface area contributed by atoms with Gasteiger partial charge in [0, 0.05) is 13.1 Å². The SMILES string of the molecule is C=CC(C(=O)O)C1=C(C(C)C(=O)O)CN2C[C@H](N)C(=O)N12. The molecule has 2 unspecified atom stereocenters. The molecule has 0 aliphatic carbocycles. The molecule has 8 heteroatoms. The van der Waals surface area contributed by atoms with E-state index < -0.39 is 35.7 Å². The maximum atomic E-state index is 12.1. The molecular formula is C13H17N3O5. The van der Waals surface area contributed by atoms with Gasteiger partial charge in [-0.15, -0.1) is 6.58 Å². The number of carboxylic acids is 2. The summed E-state index contributed by atoms with van der Waals surface area (Å²) in [6.45, 7) is 5.36. The predicted octanol–water partition coefficient (Wildman–Crippen LogP) is -0.752. The number of aliphatic carboxylic acids is 2. The summed E-state index contributed by atoms with van der Waals surface area (Å²) in [6.07, 6.45) is 1.19. The number of hydrogen-bond acceptors (Lipinski definition) is 5. The summed E-state index contributed by atoms with van der Waals surface area (Å²) in [6, 6.07) is -0.735. The first kappa shape index (κ1) is 15.2. The van der Waals surface area contributed by atoms with Crippen molar-refractivity contribution in [2.75, 3.05) is 13.1 Å². The fourth-order valence-electron chi connectivity index (χ4n) is 2.67. The number of carbonyl (C=O) groups excluding carboxylic acids is 1. The molecule has 0 aromatic carbocycles. The minimum atomic E-state index is -1.19. The lowest BCUT2D eigenvalue weighted by atomic mass is 9.93. The van der Waals surface area contributed by atoms with Crippen molar-refractivity contribution in [2.24, 2.45) is 17.6 Å². The topological polar surface area (TPSA) is 124 Å². The van der Waals surface area contributed by atoms with Crippen molar-refractivity contribution >= 4 is 17.8 Å². The first-order chi connectivity index (χ1) is 9.79. The molecule has 4 N–H and O–H groups in total. The fraction of sp³-hybridized carbons (Fsp3) is 0.462.